The number of imidazole rings is 1. The van der Waals surface area contributed by atoms with E-state index in [0.29, 0.717) is 31.4 Å². The number of aromatic amines is 1. The number of aliphatic carboxylic acids is 2. The van der Waals surface area contributed by atoms with Gasteiger partial charge in [-0.3, -0.25) is 43.2 Å². The summed E-state index contributed by atoms with van der Waals surface area (Å²) in [5.41, 5.74) is 4.59. The maximum Gasteiger partial charge on any atom is 0.304 e. The fourth-order valence-corrected chi connectivity index (χ4v) is 6.71. The van der Waals surface area contributed by atoms with E-state index in [1.54, 1.807) is 6.92 Å². The Balaban J connectivity index is 1.58. The first-order chi connectivity index (χ1) is 24.5. The number of hydrogen-bond donors (Lipinski definition) is 9. The second-order valence-corrected chi connectivity index (χ2v) is 13.8. The Morgan fingerprint density at radius 1 is 1.06 bits per heavy atom. The highest BCUT2D eigenvalue weighted by molar-refractivity contribution is 6.00. The molecular formula is C32H45N9O11. The Hall–Kier alpha value is -5.56. The molecule has 20 nitrogen and oxygen atoms in total. The molecule has 0 unspecified atom stereocenters. The van der Waals surface area contributed by atoms with Crippen molar-refractivity contribution in [2.45, 2.75) is 108 Å². The van der Waals surface area contributed by atoms with Gasteiger partial charge in [-0.1, -0.05) is 6.92 Å². The zero-order valence-electron chi connectivity index (χ0n) is 28.8. The van der Waals surface area contributed by atoms with Crippen molar-refractivity contribution in [3.63, 3.8) is 0 Å². The van der Waals surface area contributed by atoms with Crippen LogP contribution in [0, 0.1) is 11.3 Å². The van der Waals surface area contributed by atoms with Crippen molar-refractivity contribution in [3.05, 3.63) is 18.2 Å². The molecule has 20 heteroatoms. The molecule has 1 aliphatic carbocycles. The monoisotopic (exact) mass is 731 g/mol. The van der Waals surface area contributed by atoms with Gasteiger partial charge in [-0.2, -0.15) is 0 Å². The summed E-state index contributed by atoms with van der Waals surface area (Å²) in [6, 6.07) is -7.61. The summed E-state index contributed by atoms with van der Waals surface area (Å²) >= 11 is 0. The predicted molar refractivity (Wildman–Crippen MR) is 176 cm³/mol. The minimum absolute atomic E-state index is 0.155. The van der Waals surface area contributed by atoms with Crippen molar-refractivity contribution in [1.29, 1.82) is 0 Å². The van der Waals surface area contributed by atoms with Crippen molar-refractivity contribution in [3.8, 4) is 0 Å². The standard InChI is InChI=1S/C32H45N9O11/c1-15(8-24(44)45)21-4-3-7-41(21)30(51)26-16(2)36-23(43)11-20(28(49)37-19(10-22(33)42)29(50)40-26)38-27(48)18(9-17-13-34-14-35-17)39-31(52)32(5-6-32)12-25(46)47/h13-16,18-21,26H,3-12H2,1-2H3,(H2,33,42)(H,34,35)(H,36,43)(H,37,49)(H,38,48)(H,39,52)(H,40,50)(H,44,45)(H,46,47)/t15-,16+,18+,19+,20-,21+,26+/m1/s1. The number of carbonyl (C=O) groups is 9. The minimum atomic E-state index is -1.66. The smallest absolute Gasteiger partial charge is 0.304 e. The van der Waals surface area contributed by atoms with Crippen LogP contribution in [-0.4, -0.2) is 121 Å². The van der Waals surface area contributed by atoms with E-state index in [1.807, 2.05) is 0 Å². The second kappa shape index (κ2) is 16.6. The predicted octanol–water partition coefficient (Wildman–Crippen LogP) is -2.97. The van der Waals surface area contributed by atoms with Gasteiger partial charge in [-0.15, -0.1) is 0 Å². The van der Waals surface area contributed by atoms with Crippen LogP contribution in [0.15, 0.2) is 12.5 Å². The van der Waals surface area contributed by atoms with E-state index >= 15 is 0 Å². The van der Waals surface area contributed by atoms with Gasteiger partial charge in [0.15, 0.2) is 0 Å². The summed E-state index contributed by atoms with van der Waals surface area (Å²) in [4.78, 5) is 124. The maximum atomic E-state index is 13.9. The van der Waals surface area contributed by atoms with Crippen LogP contribution in [-0.2, 0) is 49.6 Å². The van der Waals surface area contributed by atoms with Crippen LogP contribution in [0.5, 0.6) is 0 Å². The van der Waals surface area contributed by atoms with Crippen molar-refractivity contribution in [2.75, 3.05) is 6.54 Å². The van der Waals surface area contributed by atoms with E-state index in [0.717, 1.165) is 0 Å². The summed E-state index contributed by atoms with van der Waals surface area (Å²) in [6.45, 7) is 3.41. The van der Waals surface area contributed by atoms with Crippen LogP contribution in [0.4, 0.5) is 0 Å². The van der Waals surface area contributed by atoms with Gasteiger partial charge >= 0.3 is 11.9 Å². The molecule has 10 N–H and O–H groups in total. The third kappa shape index (κ3) is 10.0. The van der Waals surface area contributed by atoms with Gasteiger partial charge in [-0.25, -0.2) is 4.98 Å². The number of aromatic nitrogens is 2. The molecule has 3 aliphatic rings. The van der Waals surface area contributed by atoms with Gasteiger partial charge in [0.25, 0.3) is 0 Å². The van der Waals surface area contributed by atoms with E-state index in [-0.39, 0.29) is 19.4 Å². The molecule has 4 rings (SSSR count). The number of carbonyl (C=O) groups excluding carboxylic acids is 7. The average Bonchev–Trinajstić information content (AvgIpc) is 3.41. The van der Waals surface area contributed by atoms with E-state index in [4.69, 9.17) is 5.73 Å². The molecule has 0 spiro atoms. The summed E-state index contributed by atoms with van der Waals surface area (Å²) in [6.07, 6.45) is 2.20. The highest BCUT2D eigenvalue weighted by atomic mass is 16.4. The first-order valence-corrected chi connectivity index (χ1v) is 17.0. The van der Waals surface area contributed by atoms with E-state index in [9.17, 15) is 53.4 Å². The van der Waals surface area contributed by atoms with Crippen molar-refractivity contribution in [2.24, 2.45) is 17.1 Å². The molecule has 7 atom stereocenters. The third-order valence-electron chi connectivity index (χ3n) is 9.67. The van der Waals surface area contributed by atoms with Gasteiger partial charge in [0, 0.05) is 37.3 Å². The molecule has 1 saturated carbocycles. The van der Waals surface area contributed by atoms with E-state index < -0.39 is 120 Å². The molecule has 0 aromatic carbocycles. The second-order valence-electron chi connectivity index (χ2n) is 13.8. The fraction of sp³-hybridized carbons (Fsp3) is 0.625. The SMILES string of the molecule is C[C@H](CC(=O)O)[C@@H]1CCCN1C(=O)[C@H]1NC(=O)[C@H](CC(N)=O)NC(=O)[C@H](NC(=O)[C@H](Cc2cnc[nH]2)NC(=O)C2(CC(=O)O)CC2)CC(=O)N[C@H]1C. The zero-order chi connectivity index (χ0) is 38.3. The molecule has 52 heavy (non-hydrogen) atoms. The Morgan fingerprint density at radius 2 is 1.77 bits per heavy atom. The van der Waals surface area contributed by atoms with Crippen LogP contribution in [0.1, 0.15) is 70.9 Å². The van der Waals surface area contributed by atoms with E-state index in [1.165, 1.54) is 24.3 Å². The summed E-state index contributed by atoms with van der Waals surface area (Å²) in [5.74, 6) is -8.70. The first kappa shape index (κ1) is 39.2. The van der Waals surface area contributed by atoms with Gasteiger partial charge in [0.1, 0.15) is 24.2 Å². The van der Waals surface area contributed by atoms with Crippen LogP contribution >= 0.6 is 0 Å². The first-order valence-electron chi connectivity index (χ1n) is 17.0. The quantitative estimate of drug-likeness (QED) is 0.0927. The minimum Gasteiger partial charge on any atom is -0.481 e. The van der Waals surface area contributed by atoms with Crippen LogP contribution < -0.4 is 32.3 Å². The number of nitrogens with two attached hydrogens (primary N) is 1. The van der Waals surface area contributed by atoms with Crippen LogP contribution in [0.2, 0.25) is 0 Å². The molecule has 1 aromatic rings. The Bertz CT molecular complexity index is 1580. The normalized spacial score (nSPS) is 25.6. The molecule has 0 radical (unpaired) electrons. The molecule has 2 saturated heterocycles. The lowest BCUT2D eigenvalue weighted by molar-refractivity contribution is -0.142. The van der Waals surface area contributed by atoms with Gasteiger partial charge < -0.3 is 52.4 Å². The number of hydrogen-bond acceptors (Lipinski definition) is 10. The lowest BCUT2D eigenvalue weighted by Gasteiger charge is -2.34. The van der Waals surface area contributed by atoms with Crippen LogP contribution in [0.25, 0.3) is 0 Å². The number of amides is 7. The van der Waals surface area contributed by atoms with Crippen molar-refractivity contribution in [1.82, 2.24) is 41.5 Å². The summed E-state index contributed by atoms with van der Waals surface area (Å²) in [5, 5.41) is 31.1. The van der Waals surface area contributed by atoms with Crippen molar-refractivity contribution >= 4 is 53.3 Å². The Labute approximate surface area is 297 Å². The third-order valence-corrected chi connectivity index (χ3v) is 9.67. The molecule has 3 fully saturated rings. The average molecular weight is 732 g/mol. The molecule has 3 heterocycles. The highest BCUT2D eigenvalue weighted by Gasteiger charge is 2.52. The number of likely N-dealkylation sites (tertiary alicyclic amines) is 1. The lowest BCUT2D eigenvalue weighted by Crippen LogP contribution is -2.62. The number of carboxylic acid groups (broad SMARTS) is 2. The lowest BCUT2D eigenvalue weighted by atomic mass is 9.95. The van der Waals surface area contributed by atoms with Gasteiger partial charge in [0.05, 0.1) is 37.0 Å². The molecule has 7 amide bonds. The maximum absolute atomic E-state index is 13.9. The number of H-pyrrole nitrogens is 1. The number of primary amides is 1. The number of nitrogens with zero attached hydrogens (tertiary/aromatic N) is 2. The number of carboxylic acids is 2. The van der Waals surface area contributed by atoms with Crippen molar-refractivity contribution < 1.29 is 53.4 Å². The van der Waals surface area contributed by atoms with Crippen LogP contribution in [0.3, 0.4) is 0 Å². The molecule has 284 valence electrons. The highest BCUT2D eigenvalue weighted by Crippen LogP contribution is 2.49. The number of rotatable bonds is 14. The Morgan fingerprint density at radius 3 is 2.37 bits per heavy atom. The zero-order valence-corrected chi connectivity index (χ0v) is 28.8. The molecular weight excluding hydrogens is 686 g/mol. The largest absolute Gasteiger partial charge is 0.481 e. The summed E-state index contributed by atoms with van der Waals surface area (Å²) < 4.78 is 0. The van der Waals surface area contributed by atoms with E-state index in [2.05, 4.69) is 36.6 Å². The summed E-state index contributed by atoms with van der Waals surface area (Å²) in [7, 11) is 0. The molecule has 2 aliphatic heterocycles. The molecule has 0 bridgehead atoms. The fourth-order valence-electron chi connectivity index (χ4n) is 6.71. The van der Waals surface area contributed by atoms with Gasteiger partial charge in [-0.05, 0) is 38.5 Å². The number of nitrogens with one attached hydrogen (secondary N) is 6. The van der Waals surface area contributed by atoms with Gasteiger partial charge in [0.2, 0.25) is 41.4 Å². The molecule has 1 aromatic heterocycles. The Kier molecular flexibility index (Phi) is 12.6. The topological polar surface area (TPSA) is 312 Å².